The highest BCUT2D eigenvalue weighted by atomic mass is 19.1. The Kier molecular flexibility index (Phi) is 2.81. The SMILES string of the molecule is CC(F)C(C)(C)CC(=O)O. The van der Waals surface area contributed by atoms with E-state index in [1.807, 2.05) is 0 Å². The van der Waals surface area contributed by atoms with Gasteiger partial charge in [-0.15, -0.1) is 0 Å². The third kappa shape index (κ3) is 2.80. The van der Waals surface area contributed by atoms with Crippen LogP contribution in [0.15, 0.2) is 0 Å². The number of carboxylic acid groups (broad SMARTS) is 1. The van der Waals surface area contributed by atoms with Crippen LogP contribution in [0.3, 0.4) is 0 Å². The minimum atomic E-state index is -1.08. The van der Waals surface area contributed by atoms with Gasteiger partial charge in [0.25, 0.3) is 0 Å². The lowest BCUT2D eigenvalue weighted by molar-refractivity contribution is -0.140. The minimum Gasteiger partial charge on any atom is -0.481 e. The first-order valence-corrected chi connectivity index (χ1v) is 3.22. The van der Waals surface area contributed by atoms with E-state index in [4.69, 9.17) is 5.11 Å². The van der Waals surface area contributed by atoms with Crippen LogP contribution in [0.1, 0.15) is 27.2 Å². The molecule has 1 N–H and O–H groups in total. The van der Waals surface area contributed by atoms with E-state index in [1.54, 1.807) is 13.8 Å². The Morgan fingerprint density at radius 2 is 2.10 bits per heavy atom. The number of halogens is 1. The second-order valence-corrected chi connectivity index (χ2v) is 3.18. The van der Waals surface area contributed by atoms with Gasteiger partial charge in [-0.2, -0.15) is 0 Å². The van der Waals surface area contributed by atoms with Gasteiger partial charge < -0.3 is 5.11 Å². The molecule has 0 heterocycles. The maximum absolute atomic E-state index is 12.6. The summed E-state index contributed by atoms with van der Waals surface area (Å²) in [4.78, 5) is 10.2. The van der Waals surface area contributed by atoms with Crippen molar-refractivity contribution in [3.8, 4) is 0 Å². The van der Waals surface area contributed by atoms with E-state index in [-0.39, 0.29) is 6.42 Å². The van der Waals surface area contributed by atoms with Gasteiger partial charge in [0.1, 0.15) is 6.17 Å². The molecule has 0 aromatic carbocycles. The molecule has 0 fully saturated rings. The summed E-state index contributed by atoms with van der Waals surface area (Å²) in [5.74, 6) is -0.950. The number of carbonyl (C=O) groups is 1. The monoisotopic (exact) mass is 148 g/mol. The van der Waals surface area contributed by atoms with E-state index in [1.165, 1.54) is 6.92 Å². The second-order valence-electron chi connectivity index (χ2n) is 3.18. The van der Waals surface area contributed by atoms with Crippen LogP contribution in [0.4, 0.5) is 4.39 Å². The van der Waals surface area contributed by atoms with Crippen LogP contribution in [-0.2, 0) is 4.79 Å². The summed E-state index contributed by atoms with van der Waals surface area (Å²) in [5, 5.41) is 8.33. The Morgan fingerprint density at radius 3 is 2.20 bits per heavy atom. The molecule has 0 aromatic rings. The molecule has 0 aliphatic carbocycles. The van der Waals surface area contributed by atoms with Crippen LogP contribution in [0, 0.1) is 5.41 Å². The molecule has 0 rings (SSSR count). The summed E-state index contributed by atoms with van der Waals surface area (Å²) in [6.07, 6.45) is -1.20. The highest BCUT2D eigenvalue weighted by molar-refractivity contribution is 5.67. The van der Waals surface area contributed by atoms with Crippen LogP contribution in [-0.4, -0.2) is 17.2 Å². The van der Waals surface area contributed by atoms with E-state index < -0.39 is 17.6 Å². The highest BCUT2D eigenvalue weighted by Gasteiger charge is 2.28. The van der Waals surface area contributed by atoms with Gasteiger partial charge >= 0.3 is 5.97 Å². The summed E-state index contributed by atoms with van der Waals surface area (Å²) >= 11 is 0. The van der Waals surface area contributed by atoms with Crippen molar-refractivity contribution in [3.05, 3.63) is 0 Å². The zero-order valence-corrected chi connectivity index (χ0v) is 6.52. The van der Waals surface area contributed by atoms with Crippen molar-refractivity contribution in [2.75, 3.05) is 0 Å². The Balaban J connectivity index is 3.99. The van der Waals surface area contributed by atoms with E-state index >= 15 is 0 Å². The number of hydrogen-bond acceptors (Lipinski definition) is 1. The number of alkyl halides is 1. The first-order valence-electron chi connectivity index (χ1n) is 3.22. The quantitative estimate of drug-likeness (QED) is 0.663. The van der Waals surface area contributed by atoms with Crippen molar-refractivity contribution in [3.63, 3.8) is 0 Å². The molecular weight excluding hydrogens is 135 g/mol. The van der Waals surface area contributed by atoms with E-state index in [2.05, 4.69) is 0 Å². The first kappa shape index (κ1) is 9.40. The summed E-state index contributed by atoms with van der Waals surface area (Å²) in [6.45, 7) is 4.58. The second kappa shape index (κ2) is 2.99. The van der Waals surface area contributed by atoms with Crippen LogP contribution < -0.4 is 0 Å². The highest BCUT2D eigenvalue weighted by Crippen LogP contribution is 2.26. The summed E-state index contributed by atoms with van der Waals surface area (Å²) in [7, 11) is 0. The van der Waals surface area contributed by atoms with Gasteiger partial charge in [0, 0.05) is 5.41 Å². The number of rotatable bonds is 3. The molecule has 0 saturated carbocycles. The molecule has 0 aliphatic heterocycles. The molecule has 0 amide bonds. The Bertz CT molecular complexity index is 130. The van der Waals surface area contributed by atoms with Gasteiger partial charge in [-0.05, 0) is 6.92 Å². The lowest BCUT2D eigenvalue weighted by Gasteiger charge is -2.23. The third-order valence-corrected chi connectivity index (χ3v) is 1.68. The third-order valence-electron chi connectivity index (χ3n) is 1.68. The van der Waals surface area contributed by atoms with Gasteiger partial charge in [-0.3, -0.25) is 4.79 Å². The standard InChI is InChI=1S/C7H13FO2/c1-5(8)7(2,3)4-6(9)10/h5H,4H2,1-3H3,(H,9,10). The smallest absolute Gasteiger partial charge is 0.303 e. The molecule has 1 atom stereocenters. The van der Waals surface area contributed by atoms with E-state index in [0.717, 1.165) is 0 Å². The van der Waals surface area contributed by atoms with Gasteiger partial charge in [0.15, 0.2) is 0 Å². The largest absolute Gasteiger partial charge is 0.481 e. The predicted octanol–water partition coefficient (Wildman–Crippen LogP) is 1.85. The fourth-order valence-electron chi connectivity index (χ4n) is 0.530. The summed E-state index contributed by atoms with van der Waals surface area (Å²) in [5.41, 5.74) is -0.744. The molecule has 3 heteroatoms. The Hall–Kier alpha value is -0.600. The van der Waals surface area contributed by atoms with Crippen molar-refractivity contribution >= 4 is 5.97 Å². The lowest BCUT2D eigenvalue weighted by Crippen LogP contribution is -2.25. The van der Waals surface area contributed by atoms with Crippen LogP contribution >= 0.6 is 0 Å². The minimum absolute atomic E-state index is 0.120. The van der Waals surface area contributed by atoms with Crippen molar-refractivity contribution in [1.29, 1.82) is 0 Å². The zero-order chi connectivity index (χ0) is 8.36. The van der Waals surface area contributed by atoms with Gasteiger partial charge in [-0.1, -0.05) is 13.8 Å². The maximum Gasteiger partial charge on any atom is 0.303 e. The fraction of sp³-hybridized carbons (Fsp3) is 0.857. The fourth-order valence-corrected chi connectivity index (χ4v) is 0.530. The first-order chi connectivity index (χ1) is 4.36. The molecular formula is C7H13FO2. The van der Waals surface area contributed by atoms with Gasteiger partial charge in [0.05, 0.1) is 6.42 Å². The predicted molar refractivity (Wildman–Crippen MR) is 36.6 cm³/mol. The lowest BCUT2D eigenvalue weighted by atomic mass is 9.85. The van der Waals surface area contributed by atoms with Crippen LogP contribution in [0.25, 0.3) is 0 Å². The van der Waals surface area contributed by atoms with Crippen molar-refractivity contribution < 1.29 is 14.3 Å². The summed E-state index contributed by atoms with van der Waals surface area (Å²) in [6, 6.07) is 0. The molecule has 0 spiro atoms. The van der Waals surface area contributed by atoms with E-state index in [9.17, 15) is 9.18 Å². The van der Waals surface area contributed by atoms with Gasteiger partial charge in [-0.25, -0.2) is 4.39 Å². The van der Waals surface area contributed by atoms with Gasteiger partial charge in [0.2, 0.25) is 0 Å². The molecule has 0 aliphatic rings. The Labute approximate surface area is 60.1 Å². The molecule has 0 aromatic heterocycles. The number of carboxylic acids is 1. The maximum atomic E-state index is 12.6. The summed E-state index contributed by atoms with van der Waals surface area (Å²) < 4.78 is 12.6. The molecule has 2 nitrogen and oxygen atoms in total. The molecule has 60 valence electrons. The average Bonchev–Trinajstić information content (AvgIpc) is 1.60. The molecule has 1 unspecified atom stereocenters. The van der Waals surface area contributed by atoms with Crippen LogP contribution in [0.2, 0.25) is 0 Å². The number of aliphatic carboxylic acids is 1. The average molecular weight is 148 g/mol. The number of hydrogen-bond donors (Lipinski definition) is 1. The van der Waals surface area contributed by atoms with Crippen molar-refractivity contribution in [2.45, 2.75) is 33.4 Å². The molecule has 0 radical (unpaired) electrons. The Morgan fingerprint density at radius 1 is 1.70 bits per heavy atom. The molecule has 0 saturated heterocycles. The van der Waals surface area contributed by atoms with Crippen LogP contribution in [0.5, 0.6) is 0 Å². The molecule has 10 heavy (non-hydrogen) atoms. The van der Waals surface area contributed by atoms with Crippen molar-refractivity contribution in [1.82, 2.24) is 0 Å². The van der Waals surface area contributed by atoms with E-state index in [0.29, 0.717) is 0 Å². The molecule has 0 bridgehead atoms. The topological polar surface area (TPSA) is 37.3 Å². The zero-order valence-electron chi connectivity index (χ0n) is 6.52. The normalized spacial score (nSPS) is 14.8. The van der Waals surface area contributed by atoms with Crippen molar-refractivity contribution in [2.24, 2.45) is 5.41 Å².